The molecule has 0 saturated carbocycles. The first-order valence-corrected chi connectivity index (χ1v) is 10.8. The summed E-state index contributed by atoms with van der Waals surface area (Å²) in [5.74, 6) is 0. The lowest BCUT2D eigenvalue weighted by Crippen LogP contribution is -2.44. The Bertz CT molecular complexity index is 717. The van der Waals surface area contributed by atoms with E-state index in [1.54, 1.807) is 6.20 Å². The topological polar surface area (TPSA) is 29.9 Å². The number of unbranched alkanes of at least 4 members (excludes halogenated alkanes) is 3. The fourth-order valence-electron chi connectivity index (χ4n) is 3.67. The van der Waals surface area contributed by atoms with Crippen LogP contribution in [0.15, 0.2) is 48.7 Å². The summed E-state index contributed by atoms with van der Waals surface area (Å²) in [6, 6.07) is 15.2. The second kappa shape index (κ2) is 11.6. The second-order valence-electron chi connectivity index (χ2n) is 7.34. The summed E-state index contributed by atoms with van der Waals surface area (Å²) in [6.07, 6.45) is 11.4. The second-order valence-corrected chi connectivity index (χ2v) is 7.34. The van der Waals surface area contributed by atoms with E-state index in [1.165, 1.54) is 61.0 Å². The van der Waals surface area contributed by atoms with Crippen LogP contribution in [0.1, 0.15) is 81.8 Å². The third kappa shape index (κ3) is 5.69. The Hall–Kier alpha value is -2.09. The van der Waals surface area contributed by atoms with Gasteiger partial charge in [-0.05, 0) is 24.5 Å². The summed E-state index contributed by atoms with van der Waals surface area (Å²) >= 11 is 0. The highest BCUT2D eigenvalue weighted by molar-refractivity contribution is 5.80. The Balaban J connectivity index is 2.57. The summed E-state index contributed by atoms with van der Waals surface area (Å²) in [7, 11) is 0. The van der Waals surface area contributed by atoms with Crippen LogP contribution in [0, 0.1) is 0 Å². The lowest BCUT2D eigenvalue weighted by Gasteiger charge is -2.15. The van der Waals surface area contributed by atoms with Crippen LogP contribution in [0.5, 0.6) is 0 Å². The van der Waals surface area contributed by atoms with E-state index in [1.807, 2.05) is 0 Å². The summed E-state index contributed by atoms with van der Waals surface area (Å²) in [5.41, 5.74) is 12.7. The van der Waals surface area contributed by atoms with Gasteiger partial charge in [-0.3, -0.25) is 0 Å². The van der Waals surface area contributed by atoms with Crippen LogP contribution in [-0.4, -0.2) is 0 Å². The standard InChI is InChI=1S/C25H37N2/c1-4-7-15-22-17-18-23(24(20-26)21-13-11-10-12-14-21)25(16-8-5-2)27(22)19-9-6-3/h10-14,17-18,20H,4-9,15-16,19,26H2,1-3H3/q+1. The number of aryl methyl sites for hydroxylation is 1. The average molecular weight is 366 g/mol. The fraction of sp³-hybridized carbons (Fsp3) is 0.480. The number of rotatable bonds is 11. The maximum Gasteiger partial charge on any atom is 0.189 e. The number of hydrogen-bond acceptors (Lipinski definition) is 1. The smallest absolute Gasteiger partial charge is 0.189 e. The van der Waals surface area contributed by atoms with E-state index in [0.29, 0.717) is 0 Å². The van der Waals surface area contributed by atoms with Gasteiger partial charge in [0.1, 0.15) is 6.54 Å². The van der Waals surface area contributed by atoms with Gasteiger partial charge in [-0.1, -0.05) is 70.4 Å². The van der Waals surface area contributed by atoms with Crippen LogP contribution in [0.2, 0.25) is 0 Å². The van der Waals surface area contributed by atoms with Gasteiger partial charge in [0.05, 0.1) is 5.56 Å². The van der Waals surface area contributed by atoms with Crippen molar-refractivity contribution in [3.05, 3.63) is 71.2 Å². The van der Waals surface area contributed by atoms with Crippen LogP contribution in [-0.2, 0) is 19.4 Å². The highest BCUT2D eigenvalue weighted by Crippen LogP contribution is 2.26. The minimum absolute atomic E-state index is 1.11. The molecule has 0 aliphatic carbocycles. The van der Waals surface area contributed by atoms with E-state index in [-0.39, 0.29) is 0 Å². The van der Waals surface area contributed by atoms with Crippen molar-refractivity contribution >= 4 is 5.57 Å². The quantitative estimate of drug-likeness (QED) is 0.501. The van der Waals surface area contributed by atoms with Gasteiger partial charge < -0.3 is 5.73 Å². The summed E-state index contributed by atoms with van der Waals surface area (Å²) in [5, 5.41) is 0. The van der Waals surface area contributed by atoms with Crippen LogP contribution in [0.4, 0.5) is 0 Å². The minimum atomic E-state index is 1.11. The molecular formula is C25H37N2+. The van der Waals surface area contributed by atoms with Gasteiger partial charge in [-0.2, -0.15) is 4.57 Å². The molecule has 0 aliphatic heterocycles. The van der Waals surface area contributed by atoms with Crippen molar-refractivity contribution in [3.8, 4) is 0 Å². The first-order chi connectivity index (χ1) is 13.3. The molecule has 1 aromatic heterocycles. The molecule has 0 unspecified atom stereocenters. The molecule has 0 aliphatic rings. The van der Waals surface area contributed by atoms with Crippen molar-refractivity contribution < 1.29 is 4.57 Å². The van der Waals surface area contributed by atoms with Gasteiger partial charge in [0.25, 0.3) is 0 Å². The van der Waals surface area contributed by atoms with E-state index in [0.717, 1.165) is 25.0 Å². The van der Waals surface area contributed by atoms with Crippen molar-refractivity contribution in [1.29, 1.82) is 0 Å². The van der Waals surface area contributed by atoms with E-state index in [9.17, 15) is 0 Å². The van der Waals surface area contributed by atoms with Gasteiger partial charge >= 0.3 is 0 Å². The molecule has 146 valence electrons. The van der Waals surface area contributed by atoms with Gasteiger partial charge in [-0.15, -0.1) is 0 Å². The molecular weight excluding hydrogens is 328 g/mol. The SMILES string of the molecule is CCCCc1ccc(C(=CN)c2ccccc2)c(CCCC)[n+]1CCCC. The van der Waals surface area contributed by atoms with Crippen LogP contribution < -0.4 is 10.3 Å². The normalized spacial score (nSPS) is 11.7. The molecule has 0 fully saturated rings. The van der Waals surface area contributed by atoms with E-state index >= 15 is 0 Å². The lowest BCUT2D eigenvalue weighted by atomic mass is 9.94. The predicted octanol–water partition coefficient (Wildman–Crippen LogP) is 5.81. The summed E-state index contributed by atoms with van der Waals surface area (Å²) in [4.78, 5) is 0. The maximum absolute atomic E-state index is 6.13. The molecule has 2 aromatic rings. The molecule has 2 heteroatoms. The maximum atomic E-state index is 6.13. The number of nitrogens with two attached hydrogens (primary N) is 1. The Morgan fingerprint density at radius 2 is 1.52 bits per heavy atom. The third-order valence-electron chi connectivity index (χ3n) is 5.26. The van der Waals surface area contributed by atoms with Crippen molar-refractivity contribution in [2.24, 2.45) is 5.73 Å². The number of aromatic nitrogens is 1. The molecule has 0 spiro atoms. The van der Waals surface area contributed by atoms with Gasteiger partial charge in [0.15, 0.2) is 11.4 Å². The number of nitrogens with zero attached hydrogens (tertiary/aromatic N) is 1. The molecule has 2 rings (SSSR count). The van der Waals surface area contributed by atoms with E-state index < -0.39 is 0 Å². The zero-order chi connectivity index (χ0) is 19.5. The van der Waals surface area contributed by atoms with Crippen molar-refractivity contribution in [3.63, 3.8) is 0 Å². The first-order valence-electron chi connectivity index (χ1n) is 10.8. The van der Waals surface area contributed by atoms with E-state index in [4.69, 9.17) is 5.73 Å². The van der Waals surface area contributed by atoms with Crippen LogP contribution in [0.3, 0.4) is 0 Å². The number of benzene rings is 1. The Morgan fingerprint density at radius 3 is 2.15 bits per heavy atom. The highest BCUT2D eigenvalue weighted by Gasteiger charge is 2.23. The minimum Gasteiger partial charge on any atom is -0.404 e. The zero-order valence-corrected chi connectivity index (χ0v) is 17.5. The first kappa shape index (κ1) is 21.2. The Morgan fingerprint density at radius 1 is 0.852 bits per heavy atom. The van der Waals surface area contributed by atoms with Gasteiger partial charge in [-0.25, -0.2) is 0 Å². The molecule has 2 nitrogen and oxygen atoms in total. The summed E-state index contributed by atoms with van der Waals surface area (Å²) in [6.45, 7) is 7.92. The fourth-order valence-corrected chi connectivity index (χ4v) is 3.67. The van der Waals surface area contributed by atoms with Crippen LogP contribution in [0.25, 0.3) is 5.57 Å². The average Bonchev–Trinajstić information content (AvgIpc) is 2.71. The summed E-state index contributed by atoms with van der Waals surface area (Å²) < 4.78 is 2.61. The molecule has 0 amide bonds. The molecule has 2 N–H and O–H groups in total. The number of hydrogen-bond donors (Lipinski definition) is 1. The van der Waals surface area contributed by atoms with Crippen LogP contribution >= 0.6 is 0 Å². The molecule has 0 bridgehead atoms. The monoisotopic (exact) mass is 365 g/mol. The molecule has 0 atom stereocenters. The molecule has 1 aromatic carbocycles. The molecule has 1 heterocycles. The molecule has 0 saturated heterocycles. The number of pyridine rings is 1. The highest BCUT2D eigenvalue weighted by atomic mass is 15.0. The van der Waals surface area contributed by atoms with Gasteiger partial charge in [0.2, 0.25) is 0 Å². The van der Waals surface area contributed by atoms with E-state index in [2.05, 4.69) is 67.8 Å². The largest absolute Gasteiger partial charge is 0.404 e. The predicted molar refractivity (Wildman–Crippen MR) is 116 cm³/mol. The Kier molecular flexibility index (Phi) is 9.10. The van der Waals surface area contributed by atoms with Crippen molar-refractivity contribution in [2.45, 2.75) is 78.7 Å². The van der Waals surface area contributed by atoms with Crippen molar-refractivity contribution in [1.82, 2.24) is 0 Å². The zero-order valence-electron chi connectivity index (χ0n) is 17.5. The lowest BCUT2D eigenvalue weighted by molar-refractivity contribution is -0.711. The molecule has 0 radical (unpaired) electrons. The van der Waals surface area contributed by atoms with Crippen molar-refractivity contribution in [2.75, 3.05) is 0 Å². The van der Waals surface area contributed by atoms with Gasteiger partial charge in [0, 0.05) is 37.1 Å². The third-order valence-corrected chi connectivity index (χ3v) is 5.26. The Labute approximate surface area is 166 Å². The molecule has 27 heavy (non-hydrogen) atoms.